The first-order valence-electron chi connectivity index (χ1n) is 3.62. The molecule has 0 aliphatic carbocycles. The summed E-state index contributed by atoms with van der Waals surface area (Å²) in [6, 6.07) is 0. The molecule has 0 aromatic heterocycles. The Bertz CT molecular complexity index is 158. The van der Waals surface area contributed by atoms with Crippen LogP contribution in [0.5, 0.6) is 0 Å². The van der Waals surface area contributed by atoms with Gasteiger partial charge >= 0.3 is 0 Å². The van der Waals surface area contributed by atoms with Crippen molar-refractivity contribution in [2.24, 2.45) is 0 Å². The molecule has 61 valence electrons. The number of rotatable bonds is 5. The maximum absolute atomic E-state index is 10.8. The van der Waals surface area contributed by atoms with E-state index in [9.17, 15) is 8.42 Å². The smallest absolute Gasteiger partial charge is 0.150 e. The molecular weight excluding hydrogens is 148 g/mol. The monoisotopic (exact) mass is 163 g/mol. The normalized spacial score (nSPS) is 11.8. The topological polar surface area (TPSA) is 34.1 Å². The lowest BCUT2D eigenvalue weighted by molar-refractivity contribution is 0.593. The Balaban J connectivity index is 3.49. The molecule has 1 radical (unpaired) electrons. The summed E-state index contributed by atoms with van der Waals surface area (Å²) in [5.74, 6) is 0.348. The van der Waals surface area contributed by atoms with Gasteiger partial charge in [-0.05, 0) is 13.3 Å². The molecule has 0 heterocycles. The summed E-state index contributed by atoms with van der Waals surface area (Å²) in [6.07, 6.45) is 2.85. The first kappa shape index (κ1) is 9.95. The van der Waals surface area contributed by atoms with E-state index in [0.717, 1.165) is 19.3 Å². The second-order valence-corrected chi connectivity index (χ2v) is 4.66. The second kappa shape index (κ2) is 4.72. The van der Waals surface area contributed by atoms with Crippen molar-refractivity contribution in [1.82, 2.24) is 0 Å². The molecule has 0 aliphatic rings. The zero-order chi connectivity index (χ0) is 8.04. The van der Waals surface area contributed by atoms with E-state index in [-0.39, 0.29) is 5.75 Å². The van der Waals surface area contributed by atoms with E-state index in [1.165, 1.54) is 0 Å². The molecule has 0 N–H and O–H groups in total. The summed E-state index contributed by atoms with van der Waals surface area (Å²) in [5.41, 5.74) is 0. The minimum Gasteiger partial charge on any atom is -0.229 e. The molecule has 0 aromatic carbocycles. The lowest BCUT2D eigenvalue weighted by Gasteiger charge is -1.97. The van der Waals surface area contributed by atoms with Crippen LogP contribution >= 0.6 is 0 Å². The van der Waals surface area contributed by atoms with Gasteiger partial charge in [0.2, 0.25) is 0 Å². The van der Waals surface area contributed by atoms with Crippen LogP contribution in [0.15, 0.2) is 0 Å². The Morgan fingerprint density at radius 3 is 2.30 bits per heavy atom. The third-order valence-electron chi connectivity index (χ3n) is 1.37. The van der Waals surface area contributed by atoms with Crippen LogP contribution in [0.4, 0.5) is 0 Å². The van der Waals surface area contributed by atoms with Crippen LogP contribution in [0.2, 0.25) is 0 Å². The predicted molar refractivity (Wildman–Crippen MR) is 43.5 cm³/mol. The molecule has 0 saturated heterocycles. The van der Waals surface area contributed by atoms with Gasteiger partial charge in [0, 0.05) is 0 Å². The highest BCUT2D eigenvalue weighted by atomic mass is 32.2. The van der Waals surface area contributed by atoms with Gasteiger partial charge in [-0.3, -0.25) is 0 Å². The molecule has 0 aromatic rings. The first-order valence-corrected chi connectivity index (χ1v) is 5.44. The van der Waals surface area contributed by atoms with Crippen LogP contribution < -0.4 is 0 Å². The van der Waals surface area contributed by atoms with Gasteiger partial charge in [0.05, 0.1) is 11.5 Å². The van der Waals surface area contributed by atoms with Gasteiger partial charge < -0.3 is 0 Å². The molecule has 0 aliphatic heterocycles. The molecule has 0 atom stereocenters. The number of sulfone groups is 1. The minimum absolute atomic E-state index is 0.0384. The van der Waals surface area contributed by atoms with Gasteiger partial charge in [-0.25, -0.2) is 8.42 Å². The molecular formula is C7H15O2S. The van der Waals surface area contributed by atoms with Crippen LogP contribution in [0.3, 0.4) is 0 Å². The van der Waals surface area contributed by atoms with Crippen molar-refractivity contribution in [3.05, 3.63) is 6.92 Å². The van der Waals surface area contributed by atoms with E-state index in [1.807, 2.05) is 0 Å². The maximum Gasteiger partial charge on any atom is 0.150 e. The molecule has 0 saturated carbocycles. The first-order chi connectivity index (χ1) is 4.62. The van der Waals surface area contributed by atoms with Crippen molar-refractivity contribution in [1.29, 1.82) is 0 Å². The third kappa shape index (κ3) is 4.79. The highest BCUT2D eigenvalue weighted by Gasteiger charge is 2.04. The maximum atomic E-state index is 10.8. The summed E-state index contributed by atoms with van der Waals surface area (Å²) < 4.78 is 21.6. The summed E-state index contributed by atoms with van der Waals surface area (Å²) in [5, 5.41) is 0. The van der Waals surface area contributed by atoms with Crippen LogP contribution in [-0.2, 0) is 9.84 Å². The summed E-state index contributed by atoms with van der Waals surface area (Å²) in [6.45, 7) is 5.40. The van der Waals surface area contributed by atoms with E-state index in [4.69, 9.17) is 0 Å². The highest BCUT2D eigenvalue weighted by molar-refractivity contribution is 7.91. The summed E-state index contributed by atoms with van der Waals surface area (Å²) in [7, 11) is -2.80. The fourth-order valence-electron chi connectivity index (χ4n) is 0.674. The Hall–Kier alpha value is -0.0500. The van der Waals surface area contributed by atoms with Crippen molar-refractivity contribution >= 4 is 9.84 Å². The molecule has 0 spiro atoms. The van der Waals surface area contributed by atoms with Gasteiger partial charge in [-0.2, -0.15) is 0 Å². The van der Waals surface area contributed by atoms with Crippen molar-refractivity contribution in [3.63, 3.8) is 0 Å². The number of hydrogen-bond acceptors (Lipinski definition) is 2. The molecule has 10 heavy (non-hydrogen) atoms. The average molecular weight is 163 g/mol. The lowest BCUT2D eigenvalue weighted by Crippen LogP contribution is -2.08. The number of unbranched alkanes of at least 4 members (excludes halogenated alkanes) is 2. The standard InChI is InChI=1S/C7H15O2S/c1-3-5-6-7-10(8,9)4-2/h2-7H2,1H3. The van der Waals surface area contributed by atoms with Crippen molar-refractivity contribution < 1.29 is 8.42 Å². The van der Waals surface area contributed by atoms with E-state index < -0.39 is 9.84 Å². The summed E-state index contributed by atoms with van der Waals surface area (Å²) >= 11 is 0. The molecule has 2 nitrogen and oxygen atoms in total. The quantitative estimate of drug-likeness (QED) is 0.574. The predicted octanol–water partition coefficient (Wildman–Crippen LogP) is 1.43. The summed E-state index contributed by atoms with van der Waals surface area (Å²) in [4.78, 5) is 0. The fraction of sp³-hybridized carbons (Fsp3) is 0.857. The largest absolute Gasteiger partial charge is 0.229 e. The van der Waals surface area contributed by atoms with Gasteiger partial charge in [-0.1, -0.05) is 19.8 Å². The van der Waals surface area contributed by atoms with Crippen LogP contribution in [0.25, 0.3) is 0 Å². The van der Waals surface area contributed by atoms with Gasteiger partial charge in [0.1, 0.15) is 9.84 Å². The molecule has 3 heteroatoms. The van der Waals surface area contributed by atoms with Crippen LogP contribution in [0, 0.1) is 6.92 Å². The third-order valence-corrected chi connectivity index (χ3v) is 2.90. The Labute approximate surface area is 63.6 Å². The van der Waals surface area contributed by atoms with E-state index in [2.05, 4.69) is 13.8 Å². The molecule has 0 unspecified atom stereocenters. The fourth-order valence-corrected chi connectivity index (χ4v) is 1.52. The van der Waals surface area contributed by atoms with Crippen molar-refractivity contribution in [3.8, 4) is 0 Å². The van der Waals surface area contributed by atoms with Crippen molar-refractivity contribution in [2.75, 3.05) is 11.5 Å². The van der Waals surface area contributed by atoms with Crippen LogP contribution in [0.1, 0.15) is 26.2 Å². The number of hydrogen-bond donors (Lipinski definition) is 0. The SMILES string of the molecule is [CH2]CS(=O)(=O)CCCCC. The van der Waals surface area contributed by atoms with Crippen LogP contribution in [-0.4, -0.2) is 19.9 Å². The zero-order valence-corrected chi connectivity index (χ0v) is 7.28. The minimum atomic E-state index is -2.80. The molecule has 0 rings (SSSR count). The van der Waals surface area contributed by atoms with Gasteiger partial charge in [0.15, 0.2) is 0 Å². The Morgan fingerprint density at radius 1 is 1.30 bits per heavy atom. The van der Waals surface area contributed by atoms with E-state index in [0.29, 0.717) is 5.75 Å². The van der Waals surface area contributed by atoms with Gasteiger partial charge in [-0.15, -0.1) is 0 Å². The van der Waals surface area contributed by atoms with E-state index >= 15 is 0 Å². The Kier molecular flexibility index (Phi) is 4.69. The zero-order valence-electron chi connectivity index (χ0n) is 6.47. The molecule has 0 amide bonds. The van der Waals surface area contributed by atoms with E-state index in [1.54, 1.807) is 0 Å². The van der Waals surface area contributed by atoms with Gasteiger partial charge in [0.25, 0.3) is 0 Å². The lowest BCUT2D eigenvalue weighted by atomic mass is 10.3. The molecule has 0 bridgehead atoms. The molecule has 0 fully saturated rings. The van der Waals surface area contributed by atoms with Crippen molar-refractivity contribution in [2.45, 2.75) is 26.2 Å². The highest BCUT2D eigenvalue weighted by Crippen LogP contribution is 1.98. The average Bonchev–Trinajstić information content (AvgIpc) is 1.89. The second-order valence-electron chi connectivity index (χ2n) is 2.36. The Morgan fingerprint density at radius 2 is 1.90 bits per heavy atom.